The van der Waals surface area contributed by atoms with Crippen molar-refractivity contribution < 1.29 is 19.0 Å². The number of amides is 1. The number of aliphatic hydroxyl groups excluding tert-OH is 1. The third-order valence-electron chi connectivity index (χ3n) is 5.23. The molecule has 26 heavy (non-hydrogen) atoms. The van der Waals surface area contributed by atoms with Gasteiger partial charge in [-0.15, -0.1) is 0 Å². The number of halogens is 2. The zero-order valence-electron chi connectivity index (χ0n) is 14.9. The van der Waals surface area contributed by atoms with Gasteiger partial charge >= 0.3 is 0 Å². The molecular weight excluding hydrogens is 403 g/mol. The minimum absolute atomic E-state index is 0.0362. The van der Waals surface area contributed by atoms with E-state index in [9.17, 15) is 14.3 Å². The number of carbonyl (C=O) groups excluding carboxylic acids is 1. The fraction of sp³-hybridized carbons (Fsp3) is 0.632. The average molecular weight is 429 g/mol. The van der Waals surface area contributed by atoms with Crippen LogP contribution >= 0.6 is 15.9 Å². The predicted molar refractivity (Wildman–Crippen MR) is 100 cm³/mol. The first kappa shape index (κ1) is 19.7. The van der Waals surface area contributed by atoms with E-state index in [1.165, 1.54) is 6.07 Å². The molecule has 1 N–H and O–H groups in total. The summed E-state index contributed by atoms with van der Waals surface area (Å²) in [6.07, 6.45) is 4.42. The third kappa shape index (κ3) is 4.82. The summed E-state index contributed by atoms with van der Waals surface area (Å²) in [5, 5.41) is 9.36. The molecule has 1 aromatic rings. The van der Waals surface area contributed by atoms with Gasteiger partial charge in [0.2, 0.25) is 5.91 Å². The summed E-state index contributed by atoms with van der Waals surface area (Å²) in [6, 6.07) is 4.93. The monoisotopic (exact) mass is 428 g/mol. The van der Waals surface area contributed by atoms with Crippen molar-refractivity contribution in [2.24, 2.45) is 0 Å². The number of hydrogen-bond acceptors (Lipinski definition) is 4. The van der Waals surface area contributed by atoms with E-state index in [0.29, 0.717) is 25.3 Å². The molecule has 2 atom stereocenters. The molecular formula is C19H26BrFN2O3. The van der Waals surface area contributed by atoms with Gasteiger partial charge in [-0.3, -0.25) is 9.69 Å². The Morgan fingerprint density at radius 3 is 3.00 bits per heavy atom. The van der Waals surface area contributed by atoms with Crippen LogP contribution in [0.25, 0.3) is 0 Å². The van der Waals surface area contributed by atoms with E-state index in [2.05, 4.69) is 15.9 Å². The van der Waals surface area contributed by atoms with Gasteiger partial charge in [-0.2, -0.15) is 0 Å². The molecule has 7 heteroatoms. The van der Waals surface area contributed by atoms with Crippen molar-refractivity contribution in [3.05, 3.63) is 34.1 Å². The van der Waals surface area contributed by atoms with Crippen LogP contribution in [0.1, 0.15) is 31.2 Å². The number of aliphatic hydroxyl groups is 1. The molecule has 0 bridgehead atoms. The van der Waals surface area contributed by atoms with Crippen LogP contribution in [0, 0.1) is 5.82 Å². The highest BCUT2D eigenvalue weighted by Gasteiger charge is 2.36. The number of benzene rings is 1. The first-order chi connectivity index (χ1) is 12.6. The Morgan fingerprint density at radius 1 is 1.38 bits per heavy atom. The molecule has 0 aromatic heterocycles. The Labute approximate surface area is 162 Å². The number of fused-ring (bicyclic) bond motifs is 1. The number of nitrogens with zero attached hydrogens (tertiary/aromatic N) is 2. The van der Waals surface area contributed by atoms with Gasteiger partial charge in [-0.1, -0.05) is 28.8 Å². The second-order valence-corrected chi connectivity index (χ2v) is 7.93. The van der Waals surface area contributed by atoms with Gasteiger partial charge in [0.15, 0.2) is 0 Å². The SMILES string of the molecule is O=C(CN(CCO)Cc1cc(Br)ccc1F)N1CCOC2CCCCC21. The van der Waals surface area contributed by atoms with Crippen LogP contribution in [0.2, 0.25) is 0 Å². The smallest absolute Gasteiger partial charge is 0.237 e. The van der Waals surface area contributed by atoms with Gasteiger partial charge < -0.3 is 14.7 Å². The van der Waals surface area contributed by atoms with Crippen molar-refractivity contribution in [3.63, 3.8) is 0 Å². The van der Waals surface area contributed by atoms with E-state index in [-0.39, 0.29) is 43.6 Å². The first-order valence-electron chi connectivity index (χ1n) is 9.26. The minimum atomic E-state index is -0.303. The highest BCUT2D eigenvalue weighted by Crippen LogP contribution is 2.28. The van der Waals surface area contributed by atoms with E-state index in [1.54, 1.807) is 17.0 Å². The first-order valence-corrected chi connectivity index (χ1v) is 10.1. The molecule has 1 aromatic carbocycles. The summed E-state index contributed by atoms with van der Waals surface area (Å²) in [4.78, 5) is 16.7. The van der Waals surface area contributed by atoms with E-state index in [4.69, 9.17) is 4.74 Å². The Balaban J connectivity index is 1.66. The van der Waals surface area contributed by atoms with Gasteiger partial charge in [0.05, 0.1) is 31.9 Å². The predicted octanol–water partition coefficient (Wildman–Crippen LogP) is 2.55. The number of rotatable bonds is 6. The number of ether oxygens (including phenoxy) is 1. The van der Waals surface area contributed by atoms with E-state index in [0.717, 1.165) is 30.2 Å². The molecule has 1 heterocycles. The molecule has 1 saturated heterocycles. The fourth-order valence-corrected chi connectivity index (χ4v) is 4.36. The highest BCUT2D eigenvalue weighted by atomic mass is 79.9. The van der Waals surface area contributed by atoms with Gasteiger partial charge in [-0.05, 0) is 31.0 Å². The third-order valence-corrected chi connectivity index (χ3v) is 5.72. The number of carbonyl (C=O) groups is 1. The maximum absolute atomic E-state index is 14.1. The lowest BCUT2D eigenvalue weighted by Gasteiger charge is -2.44. The lowest BCUT2D eigenvalue weighted by Crippen LogP contribution is -2.56. The summed E-state index contributed by atoms with van der Waals surface area (Å²) in [7, 11) is 0. The lowest BCUT2D eigenvalue weighted by atomic mass is 9.90. The topological polar surface area (TPSA) is 53.0 Å². The van der Waals surface area contributed by atoms with Crippen LogP contribution in [-0.2, 0) is 16.1 Å². The van der Waals surface area contributed by atoms with Crippen LogP contribution < -0.4 is 0 Å². The Hall–Kier alpha value is -1.02. The van der Waals surface area contributed by atoms with E-state index in [1.807, 2.05) is 4.90 Å². The van der Waals surface area contributed by atoms with Crippen molar-refractivity contribution >= 4 is 21.8 Å². The number of morpholine rings is 1. The van der Waals surface area contributed by atoms with Crippen molar-refractivity contribution in [2.45, 2.75) is 44.4 Å². The molecule has 0 spiro atoms. The molecule has 2 aliphatic rings. The van der Waals surface area contributed by atoms with E-state index >= 15 is 0 Å². The second kappa shape index (κ2) is 9.26. The van der Waals surface area contributed by atoms with Crippen molar-refractivity contribution in [2.75, 3.05) is 32.8 Å². The quantitative estimate of drug-likeness (QED) is 0.756. The zero-order chi connectivity index (χ0) is 18.5. The standard InChI is InChI=1S/C19H26BrFN2O3/c20-15-5-6-16(21)14(11-15)12-22(7-9-24)13-19(25)23-8-10-26-18-4-2-1-3-17(18)23/h5-6,11,17-18,24H,1-4,7-10,12-13H2. The summed E-state index contributed by atoms with van der Waals surface area (Å²) in [6.45, 7) is 1.91. The van der Waals surface area contributed by atoms with Gasteiger partial charge in [0.25, 0.3) is 0 Å². The summed E-state index contributed by atoms with van der Waals surface area (Å²) < 4.78 is 20.7. The van der Waals surface area contributed by atoms with Crippen molar-refractivity contribution in [1.82, 2.24) is 9.80 Å². The van der Waals surface area contributed by atoms with Crippen molar-refractivity contribution in [3.8, 4) is 0 Å². The maximum Gasteiger partial charge on any atom is 0.237 e. The summed E-state index contributed by atoms with van der Waals surface area (Å²) in [5.41, 5.74) is 0.512. The summed E-state index contributed by atoms with van der Waals surface area (Å²) in [5.74, 6) is -0.267. The highest BCUT2D eigenvalue weighted by molar-refractivity contribution is 9.10. The molecule has 1 saturated carbocycles. The largest absolute Gasteiger partial charge is 0.395 e. The molecule has 1 amide bonds. The van der Waals surface area contributed by atoms with E-state index < -0.39 is 0 Å². The average Bonchev–Trinajstić information content (AvgIpc) is 2.64. The fourth-order valence-electron chi connectivity index (χ4n) is 3.95. The lowest BCUT2D eigenvalue weighted by molar-refractivity contribution is -0.150. The number of hydrogen-bond donors (Lipinski definition) is 1. The molecule has 1 aliphatic carbocycles. The molecule has 3 rings (SSSR count). The summed E-state index contributed by atoms with van der Waals surface area (Å²) >= 11 is 3.35. The van der Waals surface area contributed by atoms with Crippen LogP contribution in [0.5, 0.6) is 0 Å². The zero-order valence-corrected chi connectivity index (χ0v) is 16.5. The molecule has 2 fully saturated rings. The molecule has 1 aliphatic heterocycles. The Morgan fingerprint density at radius 2 is 2.19 bits per heavy atom. The molecule has 0 radical (unpaired) electrons. The molecule has 2 unspecified atom stereocenters. The van der Waals surface area contributed by atoms with Gasteiger partial charge in [0.1, 0.15) is 5.82 Å². The molecule has 5 nitrogen and oxygen atoms in total. The normalized spacial score (nSPS) is 23.2. The van der Waals surface area contributed by atoms with Crippen LogP contribution in [-0.4, -0.2) is 65.8 Å². The van der Waals surface area contributed by atoms with Crippen LogP contribution in [0.15, 0.2) is 22.7 Å². The molecule has 144 valence electrons. The van der Waals surface area contributed by atoms with Crippen molar-refractivity contribution in [1.29, 1.82) is 0 Å². The Bertz CT molecular complexity index is 629. The second-order valence-electron chi connectivity index (χ2n) is 7.02. The minimum Gasteiger partial charge on any atom is -0.395 e. The Kier molecular flexibility index (Phi) is 7.03. The van der Waals surface area contributed by atoms with Crippen LogP contribution in [0.4, 0.5) is 4.39 Å². The van der Waals surface area contributed by atoms with Crippen LogP contribution in [0.3, 0.4) is 0 Å². The van der Waals surface area contributed by atoms with Gasteiger partial charge in [-0.25, -0.2) is 4.39 Å². The van der Waals surface area contributed by atoms with Gasteiger partial charge in [0, 0.05) is 29.7 Å². The maximum atomic E-state index is 14.1.